The highest BCUT2D eigenvalue weighted by atomic mass is 16.2. The van der Waals surface area contributed by atoms with Crippen molar-refractivity contribution >= 4 is 11.8 Å². The third kappa shape index (κ3) is 5.42. The lowest BCUT2D eigenvalue weighted by atomic mass is 9.91. The highest BCUT2D eigenvalue weighted by molar-refractivity contribution is 5.82. The molecule has 3 fully saturated rings. The number of rotatable bonds is 6. The molecule has 0 bridgehead atoms. The van der Waals surface area contributed by atoms with Gasteiger partial charge in [0.1, 0.15) is 0 Å². The van der Waals surface area contributed by atoms with E-state index in [1.807, 2.05) is 4.90 Å². The van der Waals surface area contributed by atoms with Gasteiger partial charge in [-0.05, 0) is 55.1 Å². The highest BCUT2D eigenvalue weighted by Crippen LogP contribution is 2.32. The molecule has 2 saturated heterocycles. The van der Waals surface area contributed by atoms with Crippen molar-refractivity contribution in [1.82, 2.24) is 15.1 Å². The smallest absolute Gasteiger partial charge is 0.225 e. The van der Waals surface area contributed by atoms with Gasteiger partial charge in [-0.3, -0.25) is 14.5 Å². The predicted octanol–water partition coefficient (Wildman–Crippen LogP) is 3.43. The van der Waals surface area contributed by atoms with Crippen molar-refractivity contribution < 1.29 is 9.59 Å². The molecule has 2 atom stereocenters. The van der Waals surface area contributed by atoms with E-state index in [-0.39, 0.29) is 17.7 Å². The molecule has 1 saturated carbocycles. The van der Waals surface area contributed by atoms with Crippen molar-refractivity contribution in [2.45, 2.75) is 59.0 Å². The van der Waals surface area contributed by atoms with Gasteiger partial charge in [0.15, 0.2) is 0 Å². The van der Waals surface area contributed by atoms with Crippen molar-refractivity contribution in [3.8, 4) is 0 Å². The Hall–Kier alpha value is -1.88. The van der Waals surface area contributed by atoms with Gasteiger partial charge in [0.25, 0.3) is 0 Å². The van der Waals surface area contributed by atoms with Gasteiger partial charge in [-0.25, -0.2) is 0 Å². The van der Waals surface area contributed by atoms with Gasteiger partial charge in [-0.2, -0.15) is 0 Å². The largest absolute Gasteiger partial charge is 0.352 e. The van der Waals surface area contributed by atoms with Crippen molar-refractivity contribution in [2.24, 2.45) is 23.7 Å². The Morgan fingerprint density at radius 2 is 1.57 bits per heavy atom. The minimum atomic E-state index is 0.0317. The topological polar surface area (TPSA) is 52.7 Å². The molecule has 5 nitrogen and oxygen atoms in total. The monoisotopic (exact) mass is 411 g/mol. The Bertz CT molecular complexity index is 743. The fourth-order valence-electron chi connectivity index (χ4n) is 5.32. The molecule has 2 aliphatic heterocycles. The second-order valence-electron chi connectivity index (χ2n) is 10.0. The van der Waals surface area contributed by atoms with E-state index in [9.17, 15) is 9.59 Å². The molecule has 1 N–H and O–H groups in total. The van der Waals surface area contributed by atoms with E-state index >= 15 is 0 Å². The number of carbonyl (C=O) groups excluding carboxylic acids is 2. The van der Waals surface area contributed by atoms with E-state index in [2.05, 4.69) is 48.3 Å². The molecule has 1 aliphatic carbocycles. The number of nitrogens with zero attached hydrogens (tertiary/aromatic N) is 2. The van der Waals surface area contributed by atoms with Crippen LogP contribution in [-0.4, -0.2) is 47.8 Å². The number of benzene rings is 1. The van der Waals surface area contributed by atoms with Gasteiger partial charge in [0, 0.05) is 51.1 Å². The zero-order chi connectivity index (χ0) is 21.1. The lowest BCUT2D eigenvalue weighted by Crippen LogP contribution is -2.43. The number of hydrogen-bond acceptors (Lipinski definition) is 3. The van der Waals surface area contributed by atoms with Crippen LogP contribution in [0.25, 0.3) is 0 Å². The van der Waals surface area contributed by atoms with Crippen LogP contribution in [0.4, 0.5) is 0 Å². The Kier molecular flexibility index (Phi) is 6.77. The summed E-state index contributed by atoms with van der Waals surface area (Å²) in [5.74, 6) is 2.26. The van der Waals surface area contributed by atoms with E-state index in [1.165, 1.54) is 17.5 Å². The summed E-state index contributed by atoms with van der Waals surface area (Å²) in [6.07, 6.45) is 4.99. The SMILES string of the molecule is C[C@H]1C[C@H](C)CN(Cc2ccccc2CNC(=O)C2CCN(C(=O)C3CC3)CC2)C1. The molecule has 0 aromatic heterocycles. The standard InChI is InChI=1S/C25H37N3O2/c1-18-13-19(2)16-27(15-18)17-23-6-4-3-5-22(23)14-26-24(29)20-9-11-28(12-10-20)25(30)21-7-8-21/h3-6,18-21H,7-17H2,1-2H3,(H,26,29)/t18-,19-/m0/s1. The maximum absolute atomic E-state index is 12.8. The van der Waals surface area contributed by atoms with Crippen molar-refractivity contribution in [3.05, 3.63) is 35.4 Å². The number of hydrogen-bond donors (Lipinski definition) is 1. The van der Waals surface area contributed by atoms with E-state index in [0.29, 0.717) is 12.5 Å². The lowest BCUT2D eigenvalue weighted by Gasteiger charge is -2.35. The normalized spacial score (nSPS) is 25.9. The van der Waals surface area contributed by atoms with Crippen LogP contribution in [-0.2, 0) is 22.7 Å². The van der Waals surface area contributed by atoms with E-state index in [1.54, 1.807) is 0 Å². The Morgan fingerprint density at radius 3 is 2.20 bits per heavy atom. The van der Waals surface area contributed by atoms with Gasteiger partial charge < -0.3 is 10.2 Å². The average molecular weight is 412 g/mol. The summed E-state index contributed by atoms with van der Waals surface area (Å²) in [5.41, 5.74) is 2.54. The molecule has 164 valence electrons. The first kappa shape index (κ1) is 21.4. The molecule has 30 heavy (non-hydrogen) atoms. The minimum absolute atomic E-state index is 0.0317. The number of likely N-dealkylation sites (tertiary alicyclic amines) is 2. The van der Waals surface area contributed by atoms with Crippen LogP contribution in [0, 0.1) is 23.7 Å². The fourth-order valence-corrected chi connectivity index (χ4v) is 5.32. The van der Waals surface area contributed by atoms with E-state index in [0.717, 1.165) is 70.2 Å². The Labute approximate surface area is 181 Å². The third-order valence-corrected chi connectivity index (χ3v) is 7.01. The zero-order valence-corrected chi connectivity index (χ0v) is 18.6. The van der Waals surface area contributed by atoms with Crippen LogP contribution < -0.4 is 5.32 Å². The first-order valence-corrected chi connectivity index (χ1v) is 11.8. The van der Waals surface area contributed by atoms with Crippen LogP contribution in [0.3, 0.4) is 0 Å². The number of carbonyl (C=O) groups is 2. The lowest BCUT2D eigenvalue weighted by molar-refractivity contribution is -0.136. The van der Waals surface area contributed by atoms with Gasteiger partial charge >= 0.3 is 0 Å². The average Bonchev–Trinajstić information content (AvgIpc) is 3.57. The van der Waals surface area contributed by atoms with Gasteiger partial charge in [0.2, 0.25) is 11.8 Å². The zero-order valence-electron chi connectivity index (χ0n) is 18.6. The minimum Gasteiger partial charge on any atom is -0.352 e. The quantitative estimate of drug-likeness (QED) is 0.780. The molecule has 0 radical (unpaired) electrons. The molecule has 1 aromatic rings. The molecule has 5 heteroatoms. The molecular weight excluding hydrogens is 374 g/mol. The summed E-state index contributed by atoms with van der Waals surface area (Å²) >= 11 is 0. The van der Waals surface area contributed by atoms with Crippen LogP contribution in [0.5, 0.6) is 0 Å². The predicted molar refractivity (Wildman–Crippen MR) is 119 cm³/mol. The summed E-state index contributed by atoms with van der Waals surface area (Å²) in [5, 5.41) is 3.18. The first-order chi connectivity index (χ1) is 14.5. The van der Waals surface area contributed by atoms with Crippen molar-refractivity contribution in [1.29, 1.82) is 0 Å². The second kappa shape index (κ2) is 9.51. The molecule has 3 aliphatic rings. The molecule has 4 rings (SSSR count). The number of piperidine rings is 2. The van der Waals surface area contributed by atoms with Crippen LogP contribution in [0.1, 0.15) is 57.1 Å². The molecular formula is C25H37N3O2. The van der Waals surface area contributed by atoms with Gasteiger partial charge in [-0.1, -0.05) is 38.1 Å². The maximum Gasteiger partial charge on any atom is 0.225 e. The summed E-state index contributed by atoms with van der Waals surface area (Å²) in [7, 11) is 0. The van der Waals surface area contributed by atoms with E-state index < -0.39 is 0 Å². The van der Waals surface area contributed by atoms with Crippen molar-refractivity contribution in [2.75, 3.05) is 26.2 Å². The maximum atomic E-state index is 12.8. The summed E-state index contributed by atoms with van der Waals surface area (Å²) in [6.45, 7) is 10.0. The summed E-state index contributed by atoms with van der Waals surface area (Å²) in [6, 6.07) is 8.51. The number of nitrogens with one attached hydrogen (secondary N) is 1. The Morgan fingerprint density at radius 1 is 0.933 bits per heavy atom. The van der Waals surface area contributed by atoms with E-state index in [4.69, 9.17) is 0 Å². The number of amides is 2. The Balaban J connectivity index is 1.27. The van der Waals surface area contributed by atoms with Gasteiger partial charge in [0.05, 0.1) is 0 Å². The van der Waals surface area contributed by atoms with Crippen LogP contribution in [0.15, 0.2) is 24.3 Å². The molecule has 2 heterocycles. The van der Waals surface area contributed by atoms with Gasteiger partial charge in [-0.15, -0.1) is 0 Å². The molecule has 0 unspecified atom stereocenters. The molecule has 1 aromatic carbocycles. The third-order valence-electron chi connectivity index (χ3n) is 7.01. The molecule has 0 spiro atoms. The summed E-state index contributed by atoms with van der Waals surface area (Å²) < 4.78 is 0. The molecule has 2 amide bonds. The summed E-state index contributed by atoms with van der Waals surface area (Å²) in [4.78, 5) is 29.5. The fraction of sp³-hybridized carbons (Fsp3) is 0.680. The highest BCUT2D eigenvalue weighted by Gasteiger charge is 2.36. The van der Waals surface area contributed by atoms with Crippen LogP contribution >= 0.6 is 0 Å². The van der Waals surface area contributed by atoms with Crippen molar-refractivity contribution in [3.63, 3.8) is 0 Å². The second-order valence-corrected chi connectivity index (χ2v) is 10.0. The van der Waals surface area contributed by atoms with Crippen LogP contribution in [0.2, 0.25) is 0 Å². The first-order valence-electron chi connectivity index (χ1n) is 11.8.